The van der Waals surface area contributed by atoms with Crippen LogP contribution in [0.2, 0.25) is 0 Å². The van der Waals surface area contributed by atoms with E-state index in [-0.39, 0.29) is 17.5 Å². The first-order chi connectivity index (χ1) is 16.9. The number of carboxylic acid groups (broad SMARTS) is 1. The van der Waals surface area contributed by atoms with Crippen LogP contribution in [0.15, 0.2) is 95.4 Å². The van der Waals surface area contributed by atoms with Gasteiger partial charge < -0.3 is 14.3 Å². The van der Waals surface area contributed by atoms with Crippen molar-refractivity contribution in [2.24, 2.45) is 0 Å². The number of nitrogens with zero attached hydrogens (tertiary/aromatic N) is 1. The first kappa shape index (κ1) is 22.2. The maximum Gasteiger partial charge on any atom is 0.413 e. The van der Waals surface area contributed by atoms with E-state index in [0.717, 1.165) is 21.6 Å². The van der Waals surface area contributed by atoms with Gasteiger partial charge in [-0.15, -0.1) is 0 Å². The van der Waals surface area contributed by atoms with Crippen LogP contribution in [0.1, 0.15) is 0 Å². The summed E-state index contributed by atoms with van der Waals surface area (Å²) in [4.78, 5) is 12.4. The minimum Gasteiger partial charge on any atom is -0.465 e. The standard InChI is InChI=1S/C28H19F2NO4/c1-31(28(32)33)26-16-20-14-19(15-25(27(20)35-26)18-2-6-21(29)7-3-18)17-4-10-23(11-5-17)34-24-12-8-22(30)9-13-24/h2-16H,1H3,(H,32,33). The summed E-state index contributed by atoms with van der Waals surface area (Å²) in [5, 5.41) is 10.1. The van der Waals surface area contributed by atoms with Gasteiger partial charge in [0, 0.05) is 24.1 Å². The van der Waals surface area contributed by atoms with Gasteiger partial charge in [0.25, 0.3) is 0 Å². The summed E-state index contributed by atoms with van der Waals surface area (Å²) in [5.74, 6) is 0.596. The van der Waals surface area contributed by atoms with E-state index in [4.69, 9.17) is 9.15 Å². The predicted molar refractivity (Wildman–Crippen MR) is 130 cm³/mol. The molecule has 5 aromatic rings. The highest BCUT2D eigenvalue weighted by Gasteiger charge is 2.18. The fourth-order valence-corrected chi connectivity index (χ4v) is 3.76. The Kier molecular flexibility index (Phi) is 5.66. The Bertz CT molecular complexity index is 1510. The van der Waals surface area contributed by atoms with Crippen LogP contribution in [0.4, 0.5) is 19.5 Å². The topological polar surface area (TPSA) is 62.9 Å². The quantitative estimate of drug-likeness (QED) is 0.283. The Morgan fingerprint density at radius 3 is 1.91 bits per heavy atom. The Labute approximate surface area is 199 Å². The van der Waals surface area contributed by atoms with Gasteiger partial charge in [-0.3, -0.25) is 4.90 Å². The number of fused-ring (bicyclic) bond motifs is 1. The molecule has 35 heavy (non-hydrogen) atoms. The van der Waals surface area contributed by atoms with Crippen molar-refractivity contribution in [1.29, 1.82) is 0 Å². The molecule has 0 spiro atoms. The Morgan fingerprint density at radius 2 is 1.31 bits per heavy atom. The fourth-order valence-electron chi connectivity index (χ4n) is 3.76. The lowest BCUT2D eigenvalue weighted by atomic mass is 9.96. The van der Waals surface area contributed by atoms with E-state index >= 15 is 0 Å². The van der Waals surface area contributed by atoms with Crippen LogP contribution in [0.3, 0.4) is 0 Å². The van der Waals surface area contributed by atoms with E-state index in [9.17, 15) is 18.7 Å². The number of ether oxygens (including phenoxy) is 1. The van der Waals surface area contributed by atoms with Gasteiger partial charge >= 0.3 is 6.09 Å². The first-order valence-electron chi connectivity index (χ1n) is 10.7. The van der Waals surface area contributed by atoms with Crippen LogP contribution < -0.4 is 9.64 Å². The summed E-state index contributed by atoms with van der Waals surface area (Å²) in [6.07, 6.45) is -1.15. The molecule has 174 valence electrons. The number of hydrogen-bond donors (Lipinski definition) is 1. The third-order valence-corrected chi connectivity index (χ3v) is 5.61. The minimum absolute atomic E-state index is 0.177. The van der Waals surface area contributed by atoms with Crippen molar-refractivity contribution in [3.05, 3.63) is 103 Å². The van der Waals surface area contributed by atoms with Crippen LogP contribution in [-0.4, -0.2) is 18.2 Å². The zero-order chi connectivity index (χ0) is 24.5. The molecule has 0 aliphatic rings. The van der Waals surface area contributed by atoms with Crippen molar-refractivity contribution in [2.75, 3.05) is 11.9 Å². The van der Waals surface area contributed by atoms with Gasteiger partial charge in [0.2, 0.25) is 5.88 Å². The zero-order valence-electron chi connectivity index (χ0n) is 18.5. The van der Waals surface area contributed by atoms with Crippen LogP contribution in [-0.2, 0) is 0 Å². The van der Waals surface area contributed by atoms with E-state index in [1.54, 1.807) is 42.5 Å². The molecule has 5 nitrogen and oxygen atoms in total. The summed E-state index contributed by atoms with van der Waals surface area (Å²) < 4.78 is 38.3. The number of carbonyl (C=O) groups is 1. The van der Waals surface area contributed by atoms with Crippen LogP contribution in [0.25, 0.3) is 33.2 Å². The monoisotopic (exact) mass is 471 g/mol. The van der Waals surface area contributed by atoms with E-state index in [2.05, 4.69) is 0 Å². The van der Waals surface area contributed by atoms with Crippen molar-refractivity contribution in [3.8, 4) is 33.8 Å². The average Bonchev–Trinajstić information content (AvgIpc) is 3.29. The highest BCUT2D eigenvalue weighted by Crippen LogP contribution is 2.38. The molecule has 7 heteroatoms. The molecule has 0 saturated heterocycles. The number of furan rings is 1. The molecular formula is C28H19F2NO4. The second-order valence-electron chi connectivity index (χ2n) is 7.96. The van der Waals surface area contributed by atoms with Gasteiger partial charge in [0.15, 0.2) is 0 Å². The molecule has 0 aliphatic carbocycles. The van der Waals surface area contributed by atoms with Crippen LogP contribution in [0, 0.1) is 11.6 Å². The van der Waals surface area contributed by atoms with E-state index in [1.807, 2.05) is 24.3 Å². The van der Waals surface area contributed by atoms with Gasteiger partial charge in [-0.05, 0) is 77.4 Å². The molecule has 5 rings (SSSR count). The van der Waals surface area contributed by atoms with Crippen molar-refractivity contribution in [3.63, 3.8) is 0 Å². The normalized spacial score (nSPS) is 10.9. The molecule has 0 fully saturated rings. The lowest BCUT2D eigenvalue weighted by molar-refractivity contribution is 0.202. The smallest absolute Gasteiger partial charge is 0.413 e. The summed E-state index contributed by atoms with van der Waals surface area (Å²) in [7, 11) is 1.40. The number of rotatable bonds is 5. The van der Waals surface area contributed by atoms with E-state index < -0.39 is 6.09 Å². The Balaban J connectivity index is 1.56. The predicted octanol–water partition coefficient (Wildman–Crippen LogP) is 7.95. The third kappa shape index (κ3) is 4.56. The molecule has 0 atom stereocenters. The highest BCUT2D eigenvalue weighted by atomic mass is 19.1. The number of hydrogen-bond acceptors (Lipinski definition) is 3. The second-order valence-corrected chi connectivity index (χ2v) is 7.96. The summed E-state index contributed by atoms with van der Waals surface area (Å²) in [6, 6.07) is 24.7. The van der Waals surface area contributed by atoms with Gasteiger partial charge in [0.1, 0.15) is 28.7 Å². The van der Waals surface area contributed by atoms with Crippen LogP contribution in [0.5, 0.6) is 11.5 Å². The van der Waals surface area contributed by atoms with Gasteiger partial charge in [-0.25, -0.2) is 13.6 Å². The third-order valence-electron chi connectivity index (χ3n) is 5.61. The van der Waals surface area contributed by atoms with Gasteiger partial charge in [0.05, 0.1) is 0 Å². The molecular weight excluding hydrogens is 452 g/mol. The molecule has 0 saturated carbocycles. The molecule has 4 aromatic carbocycles. The lowest BCUT2D eigenvalue weighted by Crippen LogP contribution is -2.22. The average molecular weight is 471 g/mol. The minimum atomic E-state index is -1.15. The molecule has 0 aliphatic heterocycles. The lowest BCUT2D eigenvalue weighted by Gasteiger charge is -2.10. The molecule has 1 heterocycles. The SMILES string of the molecule is CN(C(=O)O)c1cc2cc(-c3ccc(Oc4ccc(F)cc4)cc3)cc(-c3ccc(F)cc3)c2o1. The van der Waals surface area contributed by atoms with Gasteiger partial charge in [-0.2, -0.15) is 0 Å². The molecule has 1 amide bonds. The number of halogens is 2. The maximum atomic E-state index is 13.5. The summed E-state index contributed by atoms with van der Waals surface area (Å²) >= 11 is 0. The van der Waals surface area contributed by atoms with Crippen molar-refractivity contribution < 1.29 is 27.8 Å². The molecule has 1 N–H and O–H groups in total. The van der Waals surface area contributed by atoms with Crippen molar-refractivity contribution in [1.82, 2.24) is 0 Å². The largest absolute Gasteiger partial charge is 0.465 e. The second kappa shape index (κ2) is 8.95. The number of benzene rings is 4. The first-order valence-corrected chi connectivity index (χ1v) is 10.7. The summed E-state index contributed by atoms with van der Waals surface area (Å²) in [6.45, 7) is 0. The Morgan fingerprint density at radius 1 is 0.771 bits per heavy atom. The van der Waals surface area contributed by atoms with Gasteiger partial charge in [-0.1, -0.05) is 24.3 Å². The maximum absolute atomic E-state index is 13.5. The number of anilines is 1. The fraction of sp³-hybridized carbons (Fsp3) is 0.0357. The van der Waals surface area contributed by atoms with E-state index in [0.29, 0.717) is 28.0 Å². The van der Waals surface area contributed by atoms with Crippen molar-refractivity contribution >= 4 is 22.9 Å². The zero-order valence-corrected chi connectivity index (χ0v) is 18.5. The van der Waals surface area contributed by atoms with Crippen LogP contribution >= 0.6 is 0 Å². The highest BCUT2D eigenvalue weighted by molar-refractivity contribution is 5.99. The number of amides is 1. The molecule has 0 unspecified atom stereocenters. The molecule has 1 aromatic heterocycles. The molecule has 0 radical (unpaired) electrons. The Hall–Kier alpha value is -4.65. The molecule has 0 bridgehead atoms. The van der Waals surface area contributed by atoms with E-state index in [1.165, 1.54) is 31.3 Å². The summed E-state index contributed by atoms with van der Waals surface area (Å²) in [5.41, 5.74) is 3.67. The van der Waals surface area contributed by atoms with Crippen molar-refractivity contribution in [2.45, 2.75) is 0 Å².